The summed E-state index contributed by atoms with van der Waals surface area (Å²) in [4.78, 5) is 15.9. The zero-order valence-electron chi connectivity index (χ0n) is 12.0. The molecule has 2 fully saturated rings. The number of carbonyl (C=O) groups is 1. The van der Waals surface area contributed by atoms with Gasteiger partial charge in [0, 0.05) is 25.2 Å². The highest BCUT2D eigenvalue weighted by Gasteiger charge is 2.31. The highest BCUT2D eigenvalue weighted by molar-refractivity contribution is 5.72. The standard InChI is InChI=1S/C14H26N2O3/c1-11(2)15-6-3-4-12(5-7-15)16-8-9-19-13(10-16)14(17)18/h11-13H,3-10H2,1-2H3,(H,17,18). The van der Waals surface area contributed by atoms with Crippen LogP contribution in [0.1, 0.15) is 33.1 Å². The van der Waals surface area contributed by atoms with Crippen molar-refractivity contribution in [1.82, 2.24) is 9.80 Å². The molecule has 5 heteroatoms. The molecule has 5 nitrogen and oxygen atoms in total. The summed E-state index contributed by atoms with van der Waals surface area (Å²) in [7, 11) is 0. The fraction of sp³-hybridized carbons (Fsp3) is 0.929. The lowest BCUT2D eigenvalue weighted by atomic mass is 10.1. The Morgan fingerprint density at radius 1 is 1.26 bits per heavy atom. The summed E-state index contributed by atoms with van der Waals surface area (Å²) < 4.78 is 5.30. The van der Waals surface area contributed by atoms with E-state index in [9.17, 15) is 4.79 Å². The van der Waals surface area contributed by atoms with Crippen LogP contribution in [0.25, 0.3) is 0 Å². The normalized spacial score (nSPS) is 31.3. The van der Waals surface area contributed by atoms with E-state index >= 15 is 0 Å². The first-order valence-corrected chi connectivity index (χ1v) is 7.40. The summed E-state index contributed by atoms with van der Waals surface area (Å²) in [6.07, 6.45) is 2.89. The van der Waals surface area contributed by atoms with Gasteiger partial charge in [0.1, 0.15) is 0 Å². The van der Waals surface area contributed by atoms with Gasteiger partial charge in [-0.05, 0) is 46.2 Å². The second-order valence-corrected chi connectivity index (χ2v) is 5.91. The maximum atomic E-state index is 11.0. The van der Waals surface area contributed by atoms with Crippen LogP contribution in [0.5, 0.6) is 0 Å². The molecule has 2 unspecified atom stereocenters. The maximum Gasteiger partial charge on any atom is 0.334 e. The third-order valence-corrected chi connectivity index (χ3v) is 4.35. The molecular weight excluding hydrogens is 244 g/mol. The van der Waals surface area contributed by atoms with Gasteiger partial charge in [-0.2, -0.15) is 0 Å². The Hall–Kier alpha value is -0.650. The molecule has 2 atom stereocenters. The van der Waals surface area contributed by atoms with Crippen molar-refractivity contribution in [1.29, 1.82) is 0 Å². The Balaban J connectivity index is 1.89. The fourth-order valence-corrected chi connectivity index (χ4v) is 3.13. The third kappa shape index (κ3) is 3.91. The molecule has 0 aromatic heterocycles. The SMILES string of the molecule is CC(C)N1CCCC(N2CCOC(C(=O)O)C2)CC1. The number of carboxylic acids is 1. The molecule has 0 aliphatic carbocycles. The van der Waals surface area contributed by atoms with E-state index in [-0.39, 0.29) is 0 Å². The Morgan fingerprint density at radius 3 is 2.74 bits per heavy atom. The second-order valence-electron chi connectivity index (χ2n) is 5.91. The number of aliphatic carboxylic acids is 1. The third-order valence-electron chi connectivity index (χ3n) is 4.35. The van der Waals surface area contributed by atoms with Crippen molar-refractivity contribution in [2.45, 2.75) is 51.3 Å². The molecule has 0 bridgehead atoms. The molecule has 0 spiro atoms. The quantitative estimate of drug-likeness (QED) is 0.830. The summed E-state index contributed by atoms with van der Waals surface area (Å²) in [5.41, 5.74) is 0. The topological polar surface area (TPSA) is 53.0 Å². The predicted molar refractivity (Wildman–Crippen MR) is 73.3 cm³/mol. The molecule has 2 aliphatic heterocycles. The Bertz CT molecular complexity index is 309. The molecule has 0 saturated carbocycles. The van der Waals surface area contributed by atoms with Crippen LogP contribution in [-0.2, 0) is 9.53 Å². The van der Waals surface area contributed by atoms with Gasteiger partial charge in [-0.1, -0.05) is 0 Å². The molecular formula is C14H26N2O3. The average molecular weight is 270 g/mol. The number of hydrogen-bond donors (Lipinski definition) is 1. The first-order chi connectivity index (χ1) is 9.08. The zero-order chi connectivity index (χ0) is 13.8. The Labute approximate surface area is 115 Å². The number of ether oxygens (including phenoxy) is 1. The molecule has 110 valence electrons. The average Bonchev–Trinajstić information content (AvgIpc) is 2.64. The van der Waals surface area contributed by atoms with E-state index in [0.29, 0.717) is 25.2 Å². The van der Waals surface area contributed by atoms with Gasteiger partial charge in [0.05, 0.1) is 6.61 Å². The van der Waals surface area contributed by atoms with E-state index in [1.807, 2.05) is 0 Å². The number of morpholine rings is 1. The number of likely N-dealkylation sites (tertiary alicyclic amines) is 1. The second kappa shape index (κ2) is 6.68. The predicted octanol–water partition coefficient (Wildman–Crippen LogP) is 1.03. The van der Waals surface area contributed by atoms with Crippen LogP contribution < -0.4 is 0 Å². The van der Waals surface area contributed by atoms with Gasteiger partial charge in [0.25, 0.3) is 0 Å². The maximum absolute atomic E-state index is 11.0. The van der Waals surface area contributed by atoms with E-state index in [2.05, 4.69) is 23.6 Å². The molecule has 1 N–H and O–H groups in total. The summed E-state index contributed by atoms with van der Waals surface area (Å²) in [5.74, 6) is -0.831. The van der Waals surface area contributed by atoms with Crippen molar-refractivity contribution in [2.75, 3.05) is 32.8 Å². The van der Waals surface area contributed by atoms with E-state index in [4.69, 9.17) is 9.84 Å². The van der Waals surface area contributed by atoms with Crippen LogP contribution >= 0.6 is 0 Å². The van der Waals surface area contributed by atoms with E-state index in [1.165, 1.54) is 19.4 Å². The first-order valence-electron chi connectivity index (χ1n) is 7.40. The number of carboxylic acid groups (broad SMARTS) is 1. The number of hydrogen-bond acceptors (Lipinski definition) is 4. The van der Waals surface area contributed by atoms with Crippen molar-refractivity contribution >= 4 is 5.97 Å². The molecule has 19 heavy (non-hydrogen) atoms. The highest BCUT2D eigenvalue weighted by Crippen LogP contribution is 2.20. The van der Waals surface area contributed by atoms with Gasteiger partial charge >= 0.3 is 5.97 Å². The van der Waals surface area contributed by atoms with Gasteiger partial charge in [0.2, 0.25) is 0 Å². The Kier molecular flexibility index (Phi) is 5.19. The monoisotopic (exact) mass is 270 g/mol. The van der Waals surface area contributed by atoms with Gasteiger partial charge in [-0.3, -0.25) is 4.90 Å². The van der Waals surface area contributed by atoms with E-state index in [0.717, 1.165) is 19.5 Å². The van der Waals surface area contributed by atoms with Crippen molar-refractivity contribution in [3.8, 4) is 0 Å². The van der Waals surface area contributed by atoms with Gasteiger partial charge in [-0.15, -0.1) is 0 Å². The minimum absolute atomic E-state index is 0.523. The molecule has 0 amide bonds. The van der Waals surface area contributed by atoms with Crippen molar-refractivity contribution < 1.29 is 14.6 Å². The van der Waals surface area contributed by atoms with Crippen LogP contribution in [0.15, 0.2) is 0 Å². The molecule has 2 rings (SSSR count). The van der Waals surface area contributed by atoms with E-state index in [1.54, 1.807) is 0 Å². The Morgan fingerprint density at radius 2 is 2.05 bits per heavy atom. The summed E-state index contributed by atoms with van der Waals surface area (Å²) in [6, 6.07) is 1.13. The van der Waals surface area contributed by atoms with Crippen molar-refractivity contribution in [3.63, 3.8) is 0 Å². The first kappa shape index (κ1) is 14.8. The fourth-order valence-electron chi connectivity index (χ4n) is 3.13. The zero-order valence-corrected chi connectivity index (χ0v) is 12.0. The largest absolute Gasteiger partial charge is 0.479 e. The summed E-state index contributed by atoms with van der Waals surface area (Å²) in [6.45, 7) is 8.74. The minimum atomic E-state index is -0.831. The molecule has 0 aromatic rings. The summed E-state index contributed by atoms with van der Waals surface area (Å²) >= 11 is 0. The van der Waals surface area contributed by atoms with Crippen LogP contribution in [0, 0.1) is 0 Å². The van der Waals surface area contributed by atoms with Crippen LogP contribution in [0.2, 0.25) is 0 Å². The van der Waals surface area contributed by atoms with Crippen LogP contribution in [0.3, 0.4) is 0 Å². The molecule has 2 heterocycles. The van der Waals surface area contributed by atoms with E-state index < -0.39 is 12.1 Å². The highest BCUT2D eigenvalue weighted by atomic mass is 16.5. The summed E-state index contributed by atoms with van der Waals surface area (Å²) in [5, 5.41) is 9.06. The number of nitrogens with zero attached hydrogens (tertiary/aromatic N) is 2. The van der Waals surface area contributed by atoms with Gasteiger partial charge < -0.3 is 14.7 Å². The van der Waals surface area contributed by atoms with Crippen LogP contribution in [0.4, 0.5) is 0 Å². The van der Waals surface area contributed by atoms with Crippen LogP contribution in [-0.4, -0.2) is 71.8 Å². The van der Waals surface area contributed by atoms with Gasteiger partial charge in [-0.25, -0.2) is 4.79 Å². The lowest BCUT2D eigenvalue weighted by Crippen LogP contribution is -2.50. The van der Waals surface area contributed by atoms with Crippen molar-refractivity contribution in [2.24, 2.45) is 0 Å². The minimum Gasteiger partial charge on any atom is -0.479 e. The molecule has 0 radical (unpaired) electrons. The molecule has 0 aromatic carbocycles. The molecule has 2 aliphatic rings. The smallest absolute Gasteiger partial charge is 0.334 e. The lowest BCUT2D eigenvalue weighted by molar-refractivity contribution is -0.157. The molecule has 2 saturated heterocycles. The van der Waals surface area contributed by atoms with Gasteiger partial charge in [0.15, 0.2) is 6.10 Å². The number of rotatable bonds is 3. The van der Waals surface area contributed by atoms with Crippen molar-refractivity contribution in [3.05, 3.63) is 0 Å². The lowest BCUT2D eigenvalue weighted by Gasteiger charge is -2.36.